The molecule has 0 aromatic carbocycles. The minimum atomic E-state index is -0.761. The van der Waals surface area contributed by atoms with E-state index in [1.807, 2.05) is 0 Å². The van der Waals surface area contributed by atoms with Crippen LogP contribution < -0.4 is 0 Å². The number of hydrogen-bond donors (Lipinski definition) is 0. The van der Waals surface area contributed by atoms with E-state index in [4.69, 9.17) is 14.2 Å². The molecule has 0 saturated carbocycles. The lowest BCUT2D eigenvalue weighted by Crippen LogP contribution is -2.30. The summed E-state index contributed by atoms with van der Waals surface area (Å²) in [7, 11) is 0. The maximum Gasteiger partial charge on any atom is 0.306 e. The predicted molar refractivity (Wildman–Crippen MR) is 344 cm³/mol. The van der Waals surface area contributed by atoms with E-state index in [9.17, 15) is 14.4 Å². The highest BCUT2D eigenvalue weighted by atomic mass is 16.6. The van der Waals surface area contributed by atoms with Crippen molar-refractivity contribution in [3.05, 3.63) is 0 Å². The smallest absolute Gasteiger partial charge is 0.306 e. The van der Waals surface area contributed by atoms with Gasteiger partial charge in [-0.15, -0.1) is 0 Å². The average Bonchev–Trinajstić information content (AvgIpc) is 3.45. The summed E-state index contributed by atoms with van der Waals surface area (Å²) < 4.78 is 16.9. The minimum Gasteiger partial charge on any atom is -0.462 e. The number of carbonyl (C=O) groups is 3. The number of esters is 3. The fraction of sp³-hybridized carbons (Fsp3) is 0.959. The Hall–Kier alpha value is -1.59. The van der Waals surface area contributed by atoms with E-state index < -0.39 is 6.10 Å². The molecule has 6 nitrogen and oxygen atoms in total. The number of unbranched alkanes of at least 4 members (excludes halogenated alkanes) is 58. The topological polar surface area (TPSA) is 78.9 Å². The van der Waals surface area contributed by atoms with E-state index in [0.29, 0.717) is 19.3 Å². The zero-order chi connectivity index (χ0) is 57.1. The monoisotopic (exact) mass is 1120 g/mol. The van der Waals surface area contributed by atoms with Crippen LogP contribution in [0, 0.1) is 0 Å². The van der Waals surface area contributed by atoms with Gasteiger partial charge in [0, 0.05) is 19.3 Å². The van der Waals surface area contributed by atoms with Crippen molar-refractivity contribution in [2.75, 3.05) is 13.2 Å². The van der Waals surface area contributed by atoms with Gasteiger partial charge in [-0.05, 0) is 19.3 Å². The van der Waals surface area contributed by atoms with Gasteiger partial charge in [-0.25, -0.2) is 0 Å². The molecule has 0 N–H and O–H groups in total. The van der Waals surface area contributed by atoms with E-state index in [-0.39, 0.29) is 31.1 Å². The molecule has 0 aliphatic rings. The van der Waals surface area contributed by atoms with Crippen LogP contribution in [0.2, 0.25) is 0 Å². The Bertz CT molecular complexity index is 1190. The van der Waals surface area contributed by atoms with Gasteiger partial charge in [0.05, 0.1) is 0 Å². The van der Waals surface area contributed by atoms with E-state index in [2.05, 4.69) is 20.8 Å². The Balaban J connectivity index is 3.89. The first kappa shape index (κ1) is 77.4. The first-order valence-electron chi connectivity index (χ1n) is 36.5. The molecule has 0 fully saturated rings. The van der Waals surface area contributed by atoms with Gasteiger partial charge in [0.1, 0.15) is 13.2 Å². The van der Waals surface area contributed by atoms with Gasteiger partial charge in [0.25, 0.3) is 0 Å². The van der Waals surface area contributed by atoms with Gasteiger partial charge in [-0.1, -0.05) is 393 Å². The number of rotatable bonds is 69. The molecular weight excluding hydrogens is 973 g/mol. The number of hydrogen-bond acceptors (Lipinski definition) is 6. The van der Waals surface area contributed by atoms with Gasteiger partial charge in [-0.3, -0.25) is 14.4 Å². The Morgan fingerprint density at radius 3 is 0.506 bits per heavy atom. The molecule has 1 unspecified atom stereocenters. The molecule has 0 aliphatic heterocycles. The second-order valence-electron chi connectivity index (χ2n) is 25.2. The molecule has 0 radical (unpaired) electrons. The quantitative estimate of drug-likeness (QED) is 0.0343. The molecule has 0 saturated heterocycles. The van der Waals surface area contributed by atoms with E-state index in [0.717, 1.165) is 57.8 Å². The predicted octanol–water partition coefficient (Wildman–Crippen LogP) is 25.0. The maximum atomic E-state index is 12.9. The van der Waals surface area contributed by atoms with Crippen LogP contribution in [0.5, 0.6) is 0 Å². The summed E-state index contributed by atoms with van der Waals surface area (Å²) in [4.78, 5) is 38.1. The third kappa shape index (κ3) is 67.1. The lowest BCUT2D eigenvalue weighted by Gasteiger charge is -2.18. The number of ether oxygens (including phenoxy) is 3. The van der Waals surface area contributed by atoms with Gasteiger partial charge in [0.15, 0.2) is 6.10 Å². The van der Waals surface area contributed by atoms with Crippen LogP contribution in [-0.4, -0.2) is 37.2 Å². The summed E-state index contributed by atoms with van der Waals surface area (Å²) in [5, 5.41) is 0. The largest absolute Gasteiger partial charge is 0.462 e. The van der Waals surface area contributed by atoms with Gasteiger partial charge < -0.3 is 14.2 Å². The van der Waals surface area contributed by atoms with Crippen molar-refractivity contribution in [2.45, 2.75) is 438 Å². The standard InChI is InChI=1S/C73H142O6/c1-4-7-10-13-16-18-20-22-24-26-28-29-30-31-32-33-34-35-36-37-38-39-40-41-42-43-45-46-48-50-52-54-57-60-63-66-72(75)78-69-70(68-77-71(74)65-62-59-56-15-12-9-6-3)79-73(76)67-64-61-58-55-53-51-49-47-44-27-25-23-21-19-17-14-11-8-5-2/h70H,4-69H2,1-3H3. The van der Waals surface area contributed by atoms with Crippen molar-refractivity contribution in [3.8, 4) is 0 Å². The molecule has 470 valence electrons. The zero-order valence-corrected chi connectivity index (χ0v) is 54.2. The third-order valence-electron chi connectivity index (χ3n) is 17.1. The highest BCUT2D eigenvalue weighted by molar-refractivity contribution is 5.71. The summed E-state index contributed by atoms with van der Waals surface area (Å²) in [6, 6.07) is 0. The molecule has 0 bridgehead atoms. The molecular formula is C73H142O6. The lowest BCUT2D eigenvalue weighted by molar-refractivity contribution is -0.167. The van der Waals surface area contributed by atoms with Gasteiger partial charge >= 0.3 is 17.9 Å². The first-order chi connectivity index (χ1) is 39.0. The Labute approximate surface area is 495 Å². The summed E-state index contributed by atoms with van der Waals surface area (Å²) >= 11 is 0. The van der Waals surface area contributed by atoms with Crippen LogP contribution >= 0.6 is 0 Å². The van der Waals surface area contributed by atoms with Crippen LogP contribution in [0.3, 0.4) is 0 Å². The summed E-state index contributed by atoms with van der Waals surface area (Å²) in [6.45, 7) is 6.69. The SMILES string of the molecule is CCCCCCCCCCCCCCCCCCCCCCCCCCCCCCCCCCCCCC(=O)OCC(COC(=O)CCCCCCCCC)OC(=O)CCCCCCCCCCCCCCCCCCCCC. The van der Waals surface area contributed by atoms with E-state index in [1.165, 1.54) is 334 Å². The maximum absolute atomic E-state index is 12.9. The Morgan fingerprint density at radius 2 is 0.342 bits per heavy atom. The fourth-order valence-corrected chi connectivity index (χ4v) is 11.6. The van der Waals surface area contributed by atoms with Crippen molar-refractivity contribution < 1.29 is 28.6 Å². The molecule has 0 rings (SSSR count). The summed E-state index contributed by atoms with van der Waals surface area (Å²) in [6.07, 6.45) is 81.9. The molecule has 79 heavy (non-hydrogen) atoms. The molecule has 0 spiro atoms. The van der Waals surface area contributed by atoms with Crippen LogP contribution in [-0.2, 0) is 28.6 Å². The second kappa shape index (κ2) is 68.9. The molecule has 0 amide bonds. The average molecular weight is 1120 g/mol. The summed E-state index contributed by atoms with van der Waals surface area (Å²) in [5.74, 6) is -0.834. The molecule has 6 heteroatoms. The second-order valence-corrected chi connectivity index (χ2v) is 25.2. The normalized spacial score (nSPS) is 11.9. The minimum absolute atomic E-state index is 0.0613. The molecule has 1 atom stereocenters. The van der Waals surface area contributed by atoms with Crippen molar-refractivity contribution in [1.29, 1.82) is 0 Å². The van der Waals surface area contributed by atoms with Crippen molar-refractivity contribution in [2.24, 2.45) is 0 Å². The van der Waals surface area contributed by atoms with Crippen LogP contribution in [0.4, 0.5) is 0 Å². The highest BCUT2D eigenvalue weighted by Gasteiger charge is 2.20. The molecule has 0 heterocycles. The van der Waals surface area contributed by atoms with Gasteiger partial charge in [0.2, 0.25) is 0 Å². The lowest BCUT2D eigenvalue weighted by atomic mass is 10.0. The zero-order valence-electron chi connectivity index (χ0n) is 54.2. The molecule has 0 aromatic rings. The van der Waals surface area contributed by atoms with Gasteiger partial charge in [-0.2, -0.15) is 0 Å². The Morgan fingerprint density at radius 1 is 0.203 bits per heavy atom. The van der Waals surface area contributed by atoms with E-state index in [1.54, 1.807) is 0 Å². The highest BCUT2D eigenvalue weighted by Crippen LogP contribution is 2.20. The Kier molecular flexibility index (Phi) is 67.5. The van der Waals surface area contributed by atoms with Crippen LogP contribution in [0.25, 0.3) is 0 Å². The van der Waals surface area contributed by atoms with Crippen molar-refractivity contribution in [1.82, 2.24) is 0 Å². The molecule has 0 aliphatic carbocycles. The van der Waals surface area contributed by atoms with E-state index >= 15 is 0 Å². The van der Waals surface area contributed by atoms with Crippen molar-refractivity contribution >= 4 is 17.9 Å². The first-order valence-corrected chi connectivity index (χ1v) is 36.5. The van der Waals surface area contributed by atoms with Crippen molar-refractivity contribution in [3.63, 3.8) is 0 Å². The third-order valence-corrected chi connectivity index (χ3v) is 17.1. The van der Waals surface area contributed by atoms with Crippen LogP contribution in [0.15, 0.2) is 0 Å². The summed E-state index contributed by atoms with van der Waals surface area (Å²) in [5.41, 5.74) is 0. The fourth-order valence-electron chi connectivity index (χ4n) is 11.6. The van der Waals surface area contributed by atoms with Crippen LogP contribution in [0.1, 0.15) is 432 Å². The molecule has 0 aromatic heterocycles. The number of carbonyl (C=O) groups excluding carboxylic acids is 3.